The summed E-state index contributed by atoms with van der Waals surface area (Å²) < 4.78 is 24.3. The highest BCUT2D eigenvalue weighted by atomic mass is 32.2. The van der Waals surface area contributed by atoms with Gasteiger partial charge >= 0.3 is 0 Å². The van der Waals surface area contributed by atoms with E-state index in [1.807, 2.05) is 0 Å². The van der Waals surface area contributed by atoms with Gasteiger partial charge in [0.05, 0.1) is 23.2 Å². The smallest absolute Gasteiger partial charge is 0.218 e. The van der Waals surface area contributed by atoms with E-state index in [0.29, 0.717) is 11.7 Å². The monoisotopic (exact) mass is 229 g/mol. The minimum absolute atomic E-state index is 0.225. The van der Waals surface area contributed by atoms with Crippen LogP contribution in [0, 0.1) is 11.7 Å². The average molecular weight is 229 g/mol. The standard InChI is InChI=1S/C9H12FN3OS/c10-8-4-12-9(13-5-8)15(14)6-7-1-2-11-3-7/h4-5,7,11H,1-3,6H2/t7-,15-/m1/s1. The van der Waals surface area contributed by atoms with Crippen LogP contribution in [0.4, 0.5) is 4.39 Å². The zero-order valence-electron chi connectivity index (χ0n) is 8.15. The van der Waals surface area contributed by atoms with Crippen LogP contribution in [-0.4, -0.2) is 33.0 Å². The first kappa shape index (κ1) is 10.6. The Labute approximate surface area is 89.8 Å². The van der Waals surface area contributed by atoms with Crippen molar-refractivity contribution in [3.8, 4) is 0 Å². The van der Waals surface area contributed by atoms with Gasteiger partial charge in [-0.2, -0.15) is 0 Å². The maximum atomic E-state index is 12.5. The maximum Gasteiger partial charge on any atom is 0.218 e. The van der Waals surface area contributed by atoms with E-state index in [1.54, 1.807) is 0 Å². The highest BCUT2D eigenvalue weighted by Gasteiger charge is 2.19. The van der Waals surface area contributed by atoms with Crippen LogP contribution in [-0.2, 0) is 10.8 Å². The lowest BCUT2D eigenvalue weighted by atomic mass is 10.2. The third kappa shape index (κ3) is 2.79. The van der Waals surface area contributed by atoms with Crippen molar-refractivity contribution >= 4 is 10.8 Å². The Bertz CT molecular complexity index is 351. The Balaban J connectivity index is 1.98. The lowest BCUT2D eigenvalue weighted by Crippen LogP contribution is -2.16. The Kier molecular flexibility index (Phi) is 3.37. The van der Waals surface area contributed by atoms with Crippen molar-refractivity contribution < 1.29 is 8.60 Å². The number of hydrogen-bond donors (Lipinski definition) is 1. The summed E-state index contributed by atoms with van der Waals surface area (Å²) >= 11 is 0. The zero-order valence-corrected chi connectivity index (χ0v) is 8.97. The summed E-state index contributed by atoms with van der Waals surface area (Å²) in [4.78, 5) is 7.43. The van der Waals surface area contributed by atoms with E-state index >= 15 is 0 Å². The van der Waals surface area contributed by atoms with Crippen molar-refractivity contribution in [1.82, 2.24) is 15.3 Å². The molecule has 1 aliphatic heterocycles. The van der Waals surface area contributed by atoms with Crippen molar-refractivity contribution in [2.45, 2.75) is 11.6 Å². The summed E-state index contributed by atoms with van der Waals surface area (Å²) in [6.45, 7) is 1.87. The number of aromatic nitrogens is 2. The van der Waals surface area contributed by atoms with Crippen LogP contribution >= 0.6 is 0 Å². The molecule has 2 atom stereocenters. The summed E-state index contributed by atoms with van der Waals surface area (Å²) in [7, 11) is -1.21. The molecule has 2 heterocycles. The second-order valence-corrected chi connectivity index (χ2v) is 4.94. The lowest BCUT2D eigenvalue weighted by molar-refractivity contribution is 0.599. The molecule has 0 unspecified atom stereocenters. The maximum absolute atomic E-state index is 12.5. The summed E-state index contributed by atoms with van der Waals surface area (Å²) in [5.74, 6) is 0.469. The Morgan fingerprint density at radius 2 is 2.27 bits per heavy atom. The molecule has 0 amide bonds. The molecular weight excluding hydrogens is 217 g/mol. The second kappa shape index (κ2) is 4.76. The van der Waals surface area contributed by atoms with Crippen LogP contribution in [0.3, 0.4) is 0 Å². The van der Waals surface area contributed by atoms with Gasteiger partial charge in [-0.1, -0.05) is 0 Å². The molecule has 0 bridgehead atoms. The fourth-order valence-electron chi connectivity index (χ4n) is 1.56. The van der Waals surface area contributed by atoms with Gasteiger partial charge in [-0.3, -0.25) is 4.21 Å². The van der Waals surface area contributed by atoms with E-state index in [1.165, 1.54) is 0 Å². The molecule has 2 rings (SSSR count). The summed E-state index contributed by atoms with van der Waals surface area (Å²) in [5, 5.41) is 3.43. The second-order valence-electron chi connectivity index (χ2n) is 3.55. The molecular formula is C9H12FN3OS. The van der Waals surface area contributed by atoms with Gasteiger partial charge < -0.3 is 5.32 Å². The van der Waals surface area contributed by atoms with E-state index < -0.39 is 16.6 Å². The van der Waals surface area contributed by atoms with Crippen molar-refractivity contribution in [2.24, 2.45) is 5.92 Å². The van der Waals surface area contributed by atoms with Crippen molar-refractivity contribution in [1.29, 1.82) is 0 Å². The molecule has 0 aliphatic carbocycles. The van der Waals surface area contributed by atoms with Crippen molar-refractivity contribution in [3.63, 3.8) is 0 Å². The minimum atomic E-state index is -1.21. The molecule has 82 valence electrons. The van der Waals surface area contributed by atoms with E-state index in [-0.39, 0.29) is 5.16 Å². The minimum Gasteiger partial charge on any atom is -0.316 e. The number of hydrogen-bond acceptors (Lipinski definition) is 4. The van der Waals surface area contributed by atoms with Crippen LogP contribution in [0.2, 0.25) is 0 Å². The highest BCUT2D eigenvalue weighted by molar-refractivity contribution is 7.84. The SMILES string of the molecule is O=[S@](C[C@@H]1CCNC1)c1ncc(F)cn1. The average Bonchev–Trinajstić information content (AvgIpc) is 2.71. The topological polar surface area (TPSA) is 54.9 Å². The van der Waals surface area contributed by atoms with Crippen molar-refractivity contribution in [2.75, 3.05) is 18.8 Å². The Hall–Kier alpha value is -0.880. The number of nitrogens with zero attached hydrogens (tertiary/aromatic N) is 2. The molecule has 6 heteroatoms. The highest BCUT2D eigenvalue weighted by Crippen LogP contribution is 2.11. The van der Waals surface area contributed by atoms with Gasteiger partial charge in [0.1, 0.15) is 0 Å². The number of nitrogens with one attached hydrogen (secondary N) is 1. The van der Waals surface area contributed by atoms with Gasteiger partial charge in [0.15, 0.2) is 5.82 Å². The molecule has 15 heavy (non-hydrogen) atoms. The quantitative estimate of drug-likeness (QED) is 0.759. The predicted molar refractivity (Wildman–Crippen MR) is 54.2 cm³/mol. The molecule has 0 spiro atoms. The van der Waals surface area contributed by atoms with E-state index in [9.17, 15) is 8.60 Å². The van der Waals surface area contributed by atoms with E-state index in [0.717, 1.165) is 31.9 Å². The first-order chi connectivity index (χ1) is 7.25. The fraction of sp³-hybridized carbons (Fsp3) is 0.556. The summed E-state index contributed by atoms with van der Waals surface area (Å²) in [5.41, 5.74) is 0. The van der Waals surface area contributed by atoms with Crippen molar-refractivity contribution in [3.05, 3.63) is 18.2 Å². The Morgan fingerprint density at radius 1 is 1.53 bits per heavy atom. The number of halogens is 1. The van der Waals surface area contributed by atoms with Gasteiger partial charge in [-0.25, -0.2) is 14.4 Å². The largest absolute Gasteiger partial charge is 0.316 e. The predicted octanol–water partition coefficient (Wildman–Crippen LogP) is 0.333. The molecule has 1 N–H and O–H groups in total. The zero-order chi connectivity index (χ0) is 10.7. The molecule has 1 fully saturated rings. The molecule has 1 aromatic rings. The molecule has 1 aromatic heterocycles. The molecule has 1 aliphatic rings. The molecule has 0 radical (unpaired) electrons. The van der Waals surface area contributed by atoms with E-state index in [4.69, 9.17) is 0 Å². The van der Waals surface area contributed by atoms with Crippen LogP contribution in [0.15, 0.2) is 17.6 Å². The van der Waals surface area contributed by atoms with Gasteiger partial charge in [-0.15, -0.1) is 0 Å². The first-order valence-electron chi connectivity index (χ1n) is 4.82. The number of rotatable bonds is 3. The van der Waals surface area contributed by atoms with Crippen LogP contribution in [0.1, 0.15) is 6.42 Å². The Morgan fingerprint density at radius 3 is 2.87 bits per heavy atom. The first-order valence-corrected chi connectivity index (χ1v) is 6.14. The van der Waals surface area contributed by atoms with Crippen LogP contribution < -0.4 is 5.32 Å². The van der Waals surface area contributed by atoms with Gasteiger partial charge in [0.25, 0.3) is 0 Å². The van der Waals surface area contributed by atoms with Gasteiger partial charge in [0.2, 0.25) is 5.16 Å². The molecule has 1 saturated heterocycles. The normalized spacial score (nSPS) is 22.9. The fourth-order valence-corrected chi connectivity index (χ4v) is 2.77. The van der Waals surface area contributed by atoms with Gasteiger partial charge in [-0.05, 0) is 25.4 Å². The third-order valence-corrected chi connectivity index (χ3v) is 3.74. The lowest BCUT2D eigenvalue weighted by Gasteiger charge is -2.06. The summed E-state index contributed by atoms with van der Waals surface area (Å²) in [6, 6.07) is 0. The molecule has 0 saturated carbocycles. The third-order valence-electron chi connectivity index (χ3n) is 2.35. The van der Waals surface area contributed by atoms with Crippen LogP contribution in [0.5, 0.6) is 0 Å². The van der Waals surface area contributed by atoms with E-state index in [2.05, 4.69) is 15.3 Å². The molecule has 0 aromatic carbocycles. The molecule has 4 nitrogen and oxygen atoms in total. The van der Waals surface area contributed by atoms with Crippen LogP contribution in [0.25, 0.3) is 0 Å². The van der Waals surface area contributed by atoms with Gasteiger partial charge in [0, 0.05) is 5.75 Å². The summed E-state index contributed by atoms with van der Waals surface area (Å²) in [6.07, 6.45) is 3.13.